The van der Waals surface area contributed by atoms with Crippen molar-refractivity contribution in [3.63, 3.8) is 0 Å². The normalized spacial score (nSPS) is 10.5. The van der Waals surface area contributed by atoms with Gasteiger partial charge in [-0.2, -0.15) is 0 Å². The molecule has 2 amide bonds. The van der Waals surface area contributed by atoms with E-state index in [4.69, 9.17) is 46.4 Å². The molecule has 8 heteroatoms. The van der Waals surface area contributed by atoms with Crippen molar-refractivity contribution in [2.45, 2.75) is 6.92 Å². The first-order chi connectivity index (χ1) is 13.8. The highest BCUT2D eigenvalue weighted by Gasteiger charge is 2.19. The maximum Gasteiger partial charge on any atom is 0.258 e. The fourth-order valence-corrected chi connectivity index (χ4v) is 3.81. The fraction of sp³-hybridized carbons (Fsp3) is 0.0476. The standard InChI is InChI=1S/C21H14Cl4N2O2/c1-11-8-9-16(26-20(28)18-12(22)4-2-5-13(18)23)17(10-11)27-21(29)19-14(24)6-3-7-15(19)25/h2-10H,1H3,(H,26,28)(H,27,29). The number of nitrogens with one attached hydrogen (secondary N) is 2. The molecular weight excluding hydrogens is 454 g/mol. The van der Waals surface area contributed by atoms with Crippen molar-refractivity contribution < 1.29 is 9.59 Å². The summed E-state index contributed by atoms with van der Waals surface area (Å²) in [7, 11) is 0. The van der Waals surface area contributed by atoms with Crippen LogP contribution >= 0.6 is 46.4 Å². The highest BCUT2D eigenvalue weighted by Crippen LogP contribution is 2.30. The number of hydrogen-bond donors (Lipinski definition) is 2. The van der Waals surface area contributed by atoms with Crippen LogP contribution in [0.2, 0.25) is 20.1 Å². The zero-order valence-corrected chi connectivity index (χ0v) is 18.0. The molecule has 2 N–H and O–H groups in total. The highest BCUT2D eigenvalue weighted by atomic mass is 35.5. The molecule has 0 aliphatic heterocycles. The third kappa shape index (κ3) is 4.85. The summed E-state index contributed by atoms with van der Waals surface area (Å²) >= 11 is 24.5. The molecular formula is C21H14Cl4N2O2. The predicted octanol–water partition coefficient (Wildman–Crippen LogP) is 7.11. The molecule has 4 nitrogen and oxygen atoms in total. The number of hydrogen-bond acceptors (Lipinski definition) is 2. The topological polar surface area (TPSA) is 58.2 Å². The van der Waals surface area contributed by atoms with Gasteiger partial charge in [-0.3, -0.25) is 9.59 Å². The first-order valence-corrected chi connectivity index (χ1v) is 9.90. The van der Waals surface area contributed by atoms with Crippen molar-refractivity contribution >= 4 is 69.6 Å². The SMILES string of the molecule is Cc1ccc(NC(=O)c2c(Cl)cccc2Cl)c(NC(=O)c2c(Cl)cccc2Cl)c1. The summed E-state index contributed by atoms with van der Waals surface area (Å²) in [6.45, 7) is 1.86. The van der Waals surface area contributed by atoms with Crippen LogP contribution in [0.5, 0.6) is 0 Å². The molecule has 0 aromatic heterocycles. The van der Waals surface area contributed by atoms with Crippen LogP contribution in [0.3, 0.4) is 0 Å². The Labute approximate surface area is 187 Å². The van der Waals surface area contributed by atoms with Crippen LogP contribution in [0.1, 0.15) is 26.3 Å². The van der Waals surface area contributed by atoms with Crippen LogP contribution in [-0.2, 0) is 0 Å². The van der Waals surface area contributed by atoms with E-state index >= 15 is 0 Å². The number of halogens is 4. The lowest BCUT2D eigenvalue weighted by Gasteiger charge is -2.15. The molecule has 0 bridgehead atoms. The van der Waals surface area contributed by atoms with Gasteiger partial charge in [0.1, 0.15) is 0 Å². The molecule has 148 valence electrons. The van der Waals surface area contributed by atoms with E-state index in [1.54, 1.807) is 54.6 Å². The summed E-state index contributed by atoms with van der Waals surface area (Å²) in [5.74, 6) is -1.01. The van der Waals surface area contributed by atoms with Crippen molar-refractivity contribution in [1.29, 1.82) is 0 Å². The van der Waals surface area contributed by atoms with Gasteiger partial charge < -0.3 is 10.6 Å². The lowest BCUT2D eigenvalue weighted by atomic mass is 10.1. The van der Waals surface area contributed by atoms with E-state index in [2.05, 4.69) is 10.6 Å². The Kier molecular flexibility index (Phi) is 6.70. The zero-order chi connectivity index (χ0) is 21.1. The minimum absolute atomic E-state index is 0.142. The second-order valence-electron chi connectivity index (χ2n) is 6.15. The predicted molar refractivity (Wildman–Crippen MR) is 120 cm³/mol. The largest absolute Gasteiger partial charge is 0.320 e. The van der Waals surface area contributed by atoms with Gasteiger partial charge in [-0.05, 0) is 48.9 Å². The van der Waals surface area contributed by atoms with E-state index in [1.807, 2.05) is 6.92 Å². The third-order valence-corrected chi connectivity index (χ3v) is 5.31. The average Bonchev–Trinajstić information content (AvgIpc) is 2.63. The van der Waals surface area contributed by atoms with Crippen LogP contribution in [0, 0.1) is 6.92 Å². The number of aryl methyl sites for hydroxylation is 1. The molecule has 0 saturated heterocycles. The van der Waals surface area contributed by atoms with Gasteiger partial charge in [0.15, 0.2) is 0 Å². The highest BCUT2D eigenvalue weighted by molar-refractivity contribution is 6.41. The maximum atomic E-state index is 12.7. The number of benzene rings is 3. The van der Waals surface area contributed by atoms with E-state index in [9.17, 15) is 9.59 Å². The average molecular weight is 468 g/mol. The second kappa shape index (κ2) is 9.06. The summed E-state index contributed by atoms with van der Waals surface area (Å²) in [6, 6.07) is 14.7. The molecule has 0 saturated carbocycles. The van der Waals surface area contributed by atoms with Gasteiger partial charge in [0.2, 0.25) is 0 Å². The van der Waals surface area contributed by atoms with Crippen molar-refractivity contribution in [3.8, 4) is 0 Å². The summed E-state index contributed by atoms with van der Waals surface area (Å²) in [6.07, 6.45) is 0. The van der Waals surface area contributed by atoms with E-state index in [1.165, 1.54) is 0 Å². The number of anilines is 2. The van der Waals surface area contributed by atoms with Gasteiger partial charge >= 0.3 is 0 Å². The lowest BCUT2D eigenvalue weighted by Crippen LogP contribution is -2.18. The van der Waals surface area contributed by atoms with Crippen molar-refractivity contribution in [2.24, 2.45) is 0 Å². The molecule has 0 radical (unpaired) electrons. The Balaban J connectivity index is 1.93. The maximum absolute atomic E-state index is 12.7. The fourth-order valence-electron chi connectivity index (χ4n) is 2.67. The smallest absolute Gasteiger partial charge is 0.258 e. The monoisotopic (exact) mass is 466 g/mol. The van der Waals surface area contributed by atoms with Gasteiger partial charge in [0.25, 0.3) is 11.8 Å². The van der Waals surface area contributed by atoms with Gasteiger partial charge in [0, 0.05) is 0 Å². The van der Waals surface area contributed by atoms with Crippen molar-refractivity contribution in [3.05, 3.63) is 91.4 Å². The molecule has 3 aromatic carbocycles. The Morgan fingerprint density at radius 3 is 1.52 bits per heavy atom. The number of amides is 2. The summed E-state index contributed by atoms with van der Waals surface area (Å²) in [5, 5.41) is 6.35. The second-order valence-corrected chi connectivity index (χ2v) is 7.78. The minimum atomic E-state index is -0.504. The van der Waals surface area contributed by atoms with E-state index in [-0.39, 0.29) is 31.2 Å². The molecule has 29 heavy (non-hydrogen) atoms. The molecule has 0 aliphatic rings. The summed E-state index contributed by atoms with van der Waals surface area (Å²) in [4.78, 5) is 25.5. The molecule has 0 aliphatic carbocycles. The van der Waals surface area contributed by atoms with Crippen LogP contribution in [-0.4, -0.2) is 11.8 Å². The van der Waals surface area contributed by atoms with Gasteiger partial charge in [0.05, 0.1) is 42.6 Å². The number of carbonyl (C=O) groups is 2. The Hall–Kier alpha value is -2.24. The molecule has 0 unspecified atom stereocenters. The number of rotatable bonds is 4. The van der Waals surface area contributed by atoms with E-state index in [0.29, 0.717) is 11.4 Å². The first-order valence-electron chi connectivity index (χ1n) is 8.39. The lowest BCUT2D eigenvalue weighted by molar-refractivity contribution is 0.101. The van der Waals surface area contributed by atoms with Gasteiger partial charge in [-0.1, -0.05) is 64.6 Å². The van der Waals surface area contributed by atoms with Gasteiger partial charge in [-0.25, -0.2) is 0 Å². The zero-order valence-electron chi connectivity index (χ0n) is 15.0. The molecule has 3 rings (SSSR count). The van der Waals surface area contributed by atoms with E-state index < -0.39 is 11.8 Å². The van der Waals surface area contributed by atoms with Crippen molar-refractivity contribution in [2.75, 3.05) is 10.6 Å². The van der Waals surface area contributed by atoms with E-state index in [0.717, 1.165) is 5.56 Å². The van der Waals surface area contributed by atoms with Crippen LogP contribution in [0.4, 0.5) is 11.4 Å². The minimum Gasteiger partial charge on any atom is -0.320 e. The summed E-state index contributed by atoms with van der Waals surface area (Å²) < 4.78 is 0. The molecule has 0 atom stereocenters. The Morgan fingerprint density at radius 1 is 0.655 bits per heavy atom. The van der Waals surface area contributed by atoms with Gasteiger partial charge in [-0.15, -0.1) is 0 Å². The summed E-state index contributed by atoms with van der Waals surface area (Å²) in [5.41, 5.74) is 1.90. The number of carbonyl (C=O) groups excluding carboxylic acids is 2. The Morgan fingerprint density at radius 2 is 1.07 bits per heavy atom. The quantitative estimate of drug-likeness (QED) is 0.429. The van der Waals surface area contributed by atoms with Crippen LogP contribution in [0.25, 0.3) is 0 Å². The first kappa shape index (κ1) is 21.5. The van der Waals surface area contributed by atoms with Crippen molar-refractivity contribution in [1.82, 2.24) is 0 Å². The third-order valence-electron chi connectivity index (χ3n) is 4.05. The Bertz CT molecular complexity index is 1080. The molecule has 0 spiro atoms. The molecule has 0 heterocycles. The van der Waals surface area contributed by atoms with Crippen LogP contribution in [0.15, 0.2) is 54.6 Å². The van der Waals surface area contributed by atoms with Crippen LogP contribution < -0.4 is 10.6 Å². The molecule has 3 aromatic rings. The molecule has 0 fully saturated rings.